The number of esters is 1. The van der Waals surface area contributed by atoms with Crippen LogP contribution >= 0.6 is 0 Å². The number of unbranched alkanes of at least 4 members (excludes halogenated alkanes) is 4. The van der Waals surface area contributed by atoms with E-state index < -0.39 is 17.4 Å². The fourth-order valence-electron chi connectivity index (χ4n) is 2.29. The second kappa shape index (κ2) is 8.57. The molecule has 0 amide bonds. The number of hydrogen-bond acceptors (Lipinski definition) is 4. The highest BCUT2D eigenvalue weighted by atomic mass is 16.5. The molecule has 0 aliphatic rings. The zero-order chi connectivity index (χ0) is 15.7. The van der Waals surface area contributed by atoms with Crippen molar-refractivity contribution in [1.82, 2.24) is 0 Å². The van der Waals surface area contributed by atoms with E-state index in [-0.39, 0.29) is 12.0 Å². The molecule has 0 bridgehead atoms. The Bertz CT molecular complexity index is 455. The molecule has 0 saturated heterocycles. The van der Waals surface area contributed by atoms with Gasteiger partial charge >= 0.3 is 5.97 Å². The van der Waals surface area contributed by atoms with Crippen molar-refractivity contribution in [2.45, 2.75) is 51.0 Å². The van der Waals surface area contributed by atoms with Gasteiger partial charge in [0.25, 0.3) is 0 Å². The quantitative estimate of drug-likeness (QED) is 0.432. The Morgan fingerprint density at radius 3 is 2.29 bits per heavy atom. The van der Waals surface area contributed by atoms with Crippen molar-refractivity contribution < 1.29 is 19.4 Å². The van der Waals surface area contributed by atoms with Gasteiger partial charge in [-0.25, -0.2) is 4.79 Å². The maximum absolute atomic E-state index is 12.3. The summed E-state index contributed by atoms with van der Waals surface area (Å²) < 4.78 is 4.63. The van der Waals surface area contributed by atoms with Gasteiger partial charge in [-0.2, -0.15) is 0 Å². The van der Waals surface area contributed by atoms with Crippen LogP contribution in [-0.4, -0.2) is 24.0 Å². The number of Topliss-reactive ketones (excluding diaryl/α,β-unsaturated/α-hetero) is 1. The van der Waals surface area contributed by atoms with Gasteiger partial charge < -0.3 is 9.84 Å². The van der Waals surface area contributed by atoms with Crippen LogP contribution in [-0.2, 0) is 19.9 Å². The second-order valence-electron chi connectivity index (χ2n) is 5.16. The average Bonchev–Trinajstić information content (AvgIpc) is 2.53. The smallest absolute Gasteiger partial charge is 0.350 e. The van der Waals surface area contributed by atoms with Gasteiger partial charge in [-0.05, 0) is 6.42 Å². The number of methoxy groups -OCH3 is 1. The van der Waals surface area contributed by atoms with Crippen molar-refractivity contribution >= 4 is 11.8 Å². The number of aliphatic hydroxyl groups is 1. The number of carbonyl (C=O) groups is 2. The van der Waals surface area contributed by atoms with Gasteiger partial charge in [0.2, 0.25) is 5.60 Å². The number of carbonyl (C=O) groups excluding carboxylic acids is 2. The van der Waals surface area contributed by atoms with Crippen LogP contribution in [0.4, 0.5) is 0 Å². The molecule has 4 nitrogen and oxygen atoms in total. The normalized spacial score (nSPS) is 13.5. The summed E-state index contributed by atoms with van der Waals surface area (Å²) in [4.78, 5) is 24.3. The van der Waals surface area contributed by atoms with E-state index in [4.69, 9.17) is 0 Å². The van der Waals surface area contributed by atoms with Gasteiger partial charge in [-0.15, -0.1) is 0 Å². The van der Waals surface area contributed by atoms with Crippen molar-refractivity contribution in [2.75, 3.05) is 7.11 Å². The van der Waals surface area contributed by atoms with Gasteiger partial charge in [0, 0.05) is 12.0 Å². The van der Waals surface area contributed by atoms with Crippen LogP contribution < -0.4 is 0 Å². The first-order chi connectivity index (χ1) is 10.1. The Balaban J connectivity index is 2.79. The maximum Gasteiger partial charge on any atom is 0.350 e. The van der Waals surface area contributed by atoms with Crippen molar-refractivity contribution in [1.29, 1.82) is 0 Å². The molecule has 116 valence electrons. The summed E-state index contributed by atoms with van der Waals surface area (Å²) in [6.45, 7) is 2.12. The van der Waals surface area contributed by atoms with Gasteiger partial charge in [0.05, 0.1) is 7.11 Å². The summed E-state index contributed by atoms with van der Waals surface area (Å²) in [6, 6.07) is 8.24. The van der Waals surface area contributed by atoms with E-state index in [2.05, 4.69) is 11.7 Å². The molecule has 4 heteroatoms. The Labute approximate surface area is 126 Å². The molecule has 1 aromatic carbocycles. The van der Waals surface area contributed by atoms with E-state index in [0.29, 0.717) is 6.42 Å². The molecule has 0 heterocycles. The van der Waals surface area contributed by atoms with Crippen LogP contribution in [0, 0.1) is 0 Å². The molecule has 0 radical (unpaired) electrons. The highest BCUT2D eigenvalue weighted by Crippen LogP contribution is 2.26. The Morgan fingerprint density at radius 1 is 1.10 bits per heavy atom. The average molecular weight is 292 g/mol. The highest BCUT2D eigenvalue weighted by molar-refractivity contribution is 6.07. The minimum absolute atomic E-state index is 0.171. The first-order valence-electron chi connectivity index (χ1n) is 7.47. The third-order valence-corrected chi connectivity index (χ3v) is 3.58. The van der Waals surface area contributed by atoms with Gasteiger partial charge in [0.1, 0.15) is 0 Å². The molecule has 1 aromatic rings. The largest absolute Gasteiger partial charge is 0.466 e. The minimum atomic E-state index is -2.19. The van der Waals surface area contributed by atoms with E-state index in [1.165, 1.54) is 7.11 Å². The number of benzene rings is 1. The fraction of sp³-hybridized carbons (Fsp3) is 0.529. The Morgan fingerprint density at radius 2 is 1.71 bits per heavy atom. The zero-order valence-electron chi connectivity index (χ0n) is 12.8. The highest BCUT2D eigenvalue weighted by Gasteiger charge is 2.45. The van der Waals surface area contributed by atoms with Gasteiger partial charge in [-0.1, -0.05) is 62.9 Å². The molecule has 0 aliphatic heterocycles. The summed E-state index contributed by atoms with van der Waals surface area (Å²) in [5, 5.41) is 10.6. The molecule has 0 aromatic heterocycles. The zero-order valence-corrected chi connectivity index (χ0v) is 12.8. The molecular weight excluding hydrogens is 268 g/mol. The lowest BCUT2D eigenvalue weighted by molar-refractivity contribution is -0.169. The lowest BCUT2D eigenvalue weighted by atomic mass is 9.87. The van der Waals surface area contributed by atoms with Gasteiger partial charge in [0.15, 0.2) is 5.78 Å². The second-order valence-corrected chi connectivity index (χ2v) is 5.16. The molecule has 21 heavy (non-hydrogen) atoms. The van der Waals surface area contributed by atoms with Crippen molar-refractivity contribution in [3.63, 3.8) is 0 Å². The summed E-state index contributed by atoms with van der Waals surface area (Å²) in [5.74, 6) is -1.43. The number of ketones is 1. The standard InChI is InChI=1S/C17H24O4/c1-3-4-5-6-10-13-15(18)17(20,16(19)21-2)14-11-8-7-9-12-14/h7-9,11-12,20H,3-6,10,13H2,1-2H3/t17-/m1/s1. The number of hydrogen-bond donors (Lipinski definition) is 1. The first kappa shape index (κ1) is 17.4. The Hall–Kier alpha value is -1.68. The molecule has 0 unspecified atom stereocenters. The van der Waals surface area contributed by atoms with Crippen molar-refractivity contribution in [3.05, 3.63) is 35.9 Å². The summed E-state index contributed by atoms with van der Waals surface area (Å²) >= 11 is 0. The molecule has 1 N–H and O–H groups in total. The van der Waals surface area contributed by atoms with Crippen molar-refractivity contribution in [3.8, 4) is 0 Å². The monoisotopic (exact) mass is 292 g/mol. The summed E-state index contributed by atoms with van der Waals surface area (Å²) in [6.07, 6.45) is 5.09. The van der Waals surface area contributed by atoms with Crippen LogP contribution in [0.25, 0.3) is 0 Å². The third kappa shape index (κ3) is 4.39. The Kier molecular flexibility index (Phi) is 7.09. The van der Waals surface area contributed by atoms with Crippen LogP contribution in [0.15, 0.2) is 30.3 Å². The lowest BCUT2D eigenvalue weighted by Crippen LogP contribution is -2.44. The van der Waals surface area contributed by atoms with Crippen LogP contribution in [0.1, 0.15) is 51.0 Å². The molecule has 1 rings (SSSR count). The molecule has 0 aliphatic carbocycles. The maximum atomic E-state index is 12.3. The summed E-state index contributed by atoms with van der Waals surface area (Å²) in [5.41, 5.74) is -1.93. The van der Waals surface area contributed by atoms with Crippen LogP contribution in [0.5, 0.6) is 0 Å². The molecule has 1 atom stereocenters. The lowest BCUT2D eigenvalue weighted by Gasteiger charge is -2.24. The molecule has 0 spiro atoms. The fourth-order valence-corrected chi connectivity index (χ4v) is 2.29. The third-order valence-electron chi connectivity index (χ3n) is 3.58. The van der Waals surface area contributed by atoms with Crippen molar-refractivity contribution in [2.24, 2.45) is 0 Å². The van der Waals surface area contributed by atoms with E-state index in [1.807, 2.05) is 0 Å². The first-order valence-corrected chi connectivity index (χ1v) is 7.47. The molecular formula is C17H24O4. The van der Waals surface area contributed by atoms with E-state index >= 15 is 0 Å². The molecule has 0 saturated carbocycles. The van der Waals surface area contributed by atoms with E-state index in [9.17, 15) is 14.7 Å². The SMILES string of the molecule is CCCCCCCC(=O)[C@@](O)(C(=O)OC)c1ccccc1. The van der Waals surface area contributed by atoms with Crippen LogP contribution in [0.2, 0.25) is 0 Å². The topological polar surface area (TPSA) is 63.6 Å². The number of rotatable bonds is 9. The van der Waals surface area contributed by atoms with E-state index in [0.717, 1.165) is 25.7 Å². The van der Waals surface area contributed by atoms with E-state index in [1.54, 1.807) is 30.3 Å². The van der Waals surface area contributed by atoms with Crippen LogP contribution in [0.3, 0.4) is 0 Å². The molecule has 0 fully saturated rings. The summed E-state index contributed by atoms with van der Waals surface area (Å²) in [7, 11) is 1.17. The predicted octanol–water partition coefficient (Wildman–Crippen LogP) is 2.98. The number of ether oxygens (including phenoxy) is 1. The predicted molar refractivity (Wildman–Crippen MR) is 80.7 cm³/mol. The minimum Gasteiger partial charge on any atom is -0.466 e. The van der Waals surface area contributed by atoms with Gasteiger partial charge in [-0.3, -0.25) is 4.79 Å².